The van der Waals surface area contributed by atoms with Crippen molar-refractivity contribution in [3.8, 4) is 5.69 Å². The van der Waals surface area contributed by atoms with Gasteiger partial charge in [0.2, 0.25) is 5.91 Å². The number of benzene rings is 2. The lowest BCUT2D eigenvalue weighted by molar-refractivity contribution is -0.113. The van der Waals surface area contributed by atoms with E-state index in [0.29, 0.717) is 11.3 Å². The predicted octanol–water partition coefficient (Wildman–Crippen LogP) is 4.11. The first kappa shape index (κ1) is 20.2. The minimum Gasteiger partial charge on any atom is -0.349 e. The topological polar surface area (TPSA) is 76.0 Å². The van der Waals surface area contributed by atoms with Gasteiger partial charge in [-0.3, -0.25) is 14.2 Å². The normalized spacial score (nSPS) is 13.1. The fourth-order valence-corrected chi connectivity index (χ4v) is 4.02. The molecule has 0 radical (unpaired) electrons. The number of aromatic nitrogens is 2. The number of anilines is 1. The maximum absolute atomic E-state index is 12.6. The summed E-state index contributed by atoms with van der Waals surface area (Å²) in [7, 11) is 0. The summed E-state index contributed by atoms with van der Waals surface area (Å²) in [6.07, 6.45) is 5.67. The molecule has 6 nitrogen and oxygen atoms in total. The molecule has 0 saturated heterocycles. The molecule has 7 heteroatoms. The van der Waals surface area contributed by atoms with E-state index in [1.807, 2.05) is 16.8 Å². The third-order valence-electron chi connectivity index (χ3n) is 4.91. The van der Waals surface area contributed by atoms with Gasteiger partial charge in [0.25, 0.3) is 5.91 Å². The minimum atomic E-state index is -0.179. The van der Waals surface area contributed by atoms with Crippen LogP contribution >= 0.6 is 11.8 Å². The molecule has 0 atom stereocenters. The molecule has 4 rings (SSSR count). The van der Waals surface area contributed by atoms with Crippen LogP contribution in [0.2, 0.25) is 0 Å². The fourth-order valence-electron chi connectivity index (χ4n) is 3.25. The van der Waals surface area contributed by atoms with Crippen LogP contribution in [0.25, 0.3) is 5.69 Å². The summed E-state index contributed by atoms with van der Waals surface area (Å²) < 4.78 is 1.99. The van der Waals surface area contributed by atoms with Gasteiger partial charge >= 0.3 is 0 Å². The molecule has 0 bridgehead atoms. The van der Waals surface area contributed by atoms with E-state index in [9.17, 15) is 9.59 Å². The summed E-state index contributed by atoms with van der Waals surface area (Å²) in [6, 6.07) is 13.6. The van der Waals surface area contributed by atoms with Gasteiger partial charge in [-0.25, -0.2) is 4.98 Å². The lowest BCUT2D eigenvalue weighted by Gasteiger charge is -2.12. The number of carbonyl (C=O) groups excluding carboxylic acids is 2. The van der Waals surface area contributed by atoms with Gasteiger partial charge in [0, 0.05) is 18.4 Å². The molecular weight excluding hydrogens is 396 g/mol. The van der Waals surface area contributed by atoms with E-state index in [4.69, 9.17) is 0 Å². The molecule has 0 unspecified atom stereocenters. The number of nitrogens with zero attached hydrogens (tertiary/aromatic N) is 2. The summed E-state index contributed by atoms with van der Waals surface area (Å²) in [5, 5.41) is 6.58. The number of amides is 2. The number of thioether (sulfide) groups is 1. The van der Waals surface area contributed by atoms with Gasteiger partial charge in [-0.2, -0.15) is 0 Å². The maximum atomic E-state index is 12.6. The van der Waals surface area contributed by atoms with Crippen molar-refractivity contribution in [2.24, 2.45) is 0 Å². The predicted molar refractivity (Wildman–Crippen MR) is 119 cm³/mol. The van der Waals surface area contributed by atoms with Crippen LogP contribution in [0.1, 0.15) is 34.3 Å². The molecule has 1 aliphatic carbocycles. The van der Waals surface area contributed by atoms with E-state index in [2.05, 4.69) is 47.7 Å². The Morgan fingerprint density at radius 1 is 1.17 bits per heavy atom. The zero-order valence-electron chi connectivity index (χ0n) is 17.0. The van der Waals surface area contributed by atoms with Gasteiger partial charge in [0.1, 0.15) is 0 Å². The summed E-state index contributed by atoms with van der Waals surface area (Å²) in [5.74, 6) is -0.131. The molecule has 1 aliphatic rings. The third-order valence-corrected chi connectivity index (χ3v) is 5.88. The third kappa shape index (κ3) is 4.74. The zero-order chi connectivity index (χ0) is 21.1. The van der Waals surface area contributed by atoms with Crippen molar-refractivity contribution in [1.29, 1.82) is 0 Å². The maximum Gasteiger partial charge on any atom is 0.253 e. The molecule has 30 heavy (non-hydrogen) atoms. The Hall–Kier alpha value is -3.06. The smallest absolute Gasteiger partial charge is 0.253 e. The Kier molecular flexibility index (Phi) is 5.90. The van der Waals surface area contributed by atoms with Crippen LogP contribution in [-0.2, 0) is 4.79 Å². The Balaban J connectivity index is 1.42. The van der Waals surface area contributed by atoms with Gasteiger partial charge in [-0.1, -0.05) is 41.6 Å². The van der Waals surface area contributed by atoms with E-state index in [0.717, 1.165) is 29.2 Å². The van der Waals surface area contributed by atoms with Crippen LogP contribution < -0.4 is 10.6 Å². The van der Waals surface area contributed by atoms with Crippen LogP contribution in [-0.4, -0.2) is 33.2 Å². The number of imidazole rings is 1. The summed E-state index contributed by atoms with van der Waals surface area (Å²) >= 11 is 1.36. The molecule has 3 aromatic rings. The Labute approximate surface area is 180 Å². The SMILES string of the molecule is Cc1ccc(-n2ccnc2SCC(=O)Nc2ccccc2C(=O)NC2CC2)c(C)c1. The van der Waals surface area contributed by atoms with E-state index in [-0.39, 0.29) is 23.6 Å². The number of rotatable bonds is 7. The number of nitrogens with one attached hydrogen (secondary N) is 2. The summed E-state index contributed by atoms with van der Waals surface area (Å²) in [6.45, 7) is 4.13. The van der Waals surface area contributed by atoms with Crippen molar-refractivity contribution < 1.29 is 9.59 Å². The molecule has 1 fully saturated rings. The van der Waals surface area contributed by atoms with E-state index < -0.39 is 0 Å². The Bertz CT molecular complexity index is 1090. The van der Waals surface area contributed by atoms with Gasteiger partial charge in [0.05, 0.1) is 22.7 Å². The lowest BCUT2D eigenvalue weighted by atomic mass is 10.1. The number of hydrogen-bond donors (Lipinski definition) is 2. The Morgan fingerprint density at radius 2 is 1.97 bits per heavy atom. The van der Waals surface area contributed by atoms with Crippen LogP contribution in [0.15, 0.2) is 60.0 Å². The van der Waals surface area contributed by atoms with Crippen LogP contribution in [0, 0.1) is 13.8 Å². The Morgan fingerprint density at radius 3 is 2.73 bits per heavy atom. The lowest BCUT2D eigenvalue weighted by Crippen LogP contribution is -2.27. The van der Waals surface area contributed by atoms with Gasteiger partial charge < -0.3 is 10.6 Å². The van der Waals surface area contributed by atoms with Crippen molar-refractivity contribution in [2.45, 2.75) is 37.9 Å². The first-order valence-corrected chi connectivity index (χ1v) is 10.9. The fraction of sp³-hybridized carbons (Fsp3) is 0.261. The molecule has 0 aliphatic heterocycles. The molecule has 2 aromatic carbocycles. The van der Waals surface area contributed by atoms with Crippen molar-refractivity contribution in [2.75, 3.05) is 11.1 Å². The highest BCUT2D eigenvalue weighted by Gasteiger charge is 2.25. The molecule has 0 spiro atoms. The van der Waals surface area contributed by atoms with Crippen molar-refractivity contribution in [3.05, 3.63) is 71.5 Å². The highest BCUT2D eigenvalue weighted by Crippen LogP contribution is 2.25. The molecule has 1 aromatic heterocycles. The zero-order valence-corrected chi connectivity index (χ0v) is 17.8. The minimum absolute atomic E-state index is 0.147. The molecule has 2 amide bonds. The number of hydrogen-bond acceptors (Lipinski definition) is 4. The first-order valence-electron chi connectivity index (χ1n) is 9.95. The second-order valence-electron chi connectivity index (χ2n) is 7.50. The van der Waals surface area contributed by atoms with Gasteiger partial charge in [-0.15, -0.1) is 0 Å². The van der Waals surface area contributed by atoms with Gasteiger partial charge in [-0.05, 0) is 50.5 Å². The average Bonchev–Trinajstić information content (AvgIpc) is 3.41. The van der Waals surface area contributed by atoms with Gasteiger partial charge in [0.15, 0.2) is 5.16 Å². The second kappa shape index (κ2) is 8.75. The summed E-state index contributed by atoms with van der Waals surface area (Å²) in [5.41, 5.74) is 4.41. The van der Waals surface area contributed by atoms with Crippen LogP contribution in [0.5, 0.6) is 0 Å². The second-order valence-corrected chi connectivity index (χ2v) is 8.44. The number of para-hydroxylation sites is 1. The highest BCUT2D eigenvalue weighted by molar-refractivity contribution is 7.99. The van der Waals surface area contributed by atoms with E-state index in [1.165, 1.54) is 17.3 Å². The quantitative estimate of drug-likeness (QED) is 0.564. The first-order chi connectivity index (χ1) is 14.5. The summed E-state index contributed by atoms with van der Waals surface area (Å²) in [4.78, 5) is 29.4. The van der Waals surface area contributed by atoms with E-state index >= 15 is 0 Å². The number of aryl methyl sites for hydroxylation is 2. The molecule has 2 N–H and O–H groups in total. The van der Waals surface area contributed by atoms with Crippen LogP contribution in [0.4, 0.5) is 5.69 Å². The molecule has 154 valence electrons. The van der Waals surface area contributed by atoms with Crippen molar-refractivity contribution in [3.63, 3.8) is 0 Å². The average molecular weight is 421 g/mol. The molecule has 1 saturated carbocycles. The van der Waals surface area contributed by atoms with Crippen molar-refractivity contribution >= 4 is 29.3 Å². The molecular formula is C23H24N4O2S. The molecule has 1 heterocycles. The highest BCUT2D eigenvalue weighted by atomic mass is 32.2. The largest absolute Gasteiger partial charge is 0.349 e. The monoisotopic (exact) mass is 420 g/mol. The van der Waals surface area contributed by atoms with Crippen LogP contribution in [0.3, 0.4) is 0 Å². The number of carbonyl (C=O) groups is 2. The van der Waals surface area contributed by atoms with Crippen molar-refractivity contribution in [1.82, 2.24) is 14.9 Å². The standard InChI is InChI=1S/C23H24N4O2S/c1-15-7-10-20(16(2)13-15)27-12-11-24-23(27)30-14-21(28)26-19-6-4-3-5-18(19)22(29)25-17-8-9-17/h3-7,10-13,17H,8-9,14H2,1-2H3,(H,25,29)(H,26,28). The van der Waals surface area contributed by atoms with E-state index in [1.54, 1.807) is 24.4 Å².